The van der Waals surface area contributed by atoms with Gasteiger partial charge in [-0.2, -0.15) is 5.10 Å². The first-order chi connectivity index (χ1) is 13.7. The largest absolute Gasteiger partial charge is 0.489 e. The zero-order valence-electron chi connectivity index (χ0n) is 15.5. The molecule has 1 fully saturated rings. The molecule has 0 unspecified atom stereocenters. The van der Waals surface area contributed by atoms with E-state index in [9.17, 15) is 9.59 Å². The number of carbonyl (C=O) groups is 2. The molecule has 0 aromatic heterocycles. The topological polar surface area (TPSA) is 89.0 Å². The second-order valence-corrected chi connectivity index (χ2v) is 6.39. The summed E-state index contributed by atoms with van der Waals surface area (Å²) < 4.78 is 11.1. The van der Waals surface area contributed by atoms with Crippen LogP contribution in [0, 0.1) is 0 Å². The highest BCUT2D eigenvalue weighted by Gasteiger charge is 2.18. The third-order valence-electron chi connectivity index (χ3n) is 4.23. The quantitative estimate of drug-likeness (QED) is 0.436. The summed E-state index contributed by atoms with van der Waals surface area (Å²) in [5, 5.41) is 6.35. The molecule has 146 valence electrons. The van der Waals surface area contributed by atoms with E-state index in [-0.39, 0.29) is 6.10 Å². The number of benzene rings is 2. The van der Waals surface area contributed by atoms with E-state index in [1.165, 1.54) is 6.21 Å². The molecule has 2 aromatic rings. The van der Waals surface area contributed by atoms with Gasteiger partial charge in [-0.3, -0.25) is 9.59 Å². The number of rotatable bonds is 7. The summed E-state index contributed by atoms with van der Waals surface area (Å²) in [6.45, 7) is 1.53. The molecule has 28 heavy (non-hydrogen) atoms. The average Bonchev–Trinajstić information content (AvgIpc) is 3.26. The average molecular weight is 381 g/mol. The van der Waals surface area contributed by atoms with Crippen molar-refractivity contribution in [2.24, 2.45) is 5.10 Å². The van der Waals surface area contributed by atoms with Crippen molar-refractivity contribution in [3.05, 3.63) is 65.7 Å². The Morgan fingerprint density at radius 1 is 1.11 bits per heavy atom. The molecule has 1 aliphatic heterocycles. The van der Waals surface area contributed by atoms with Crippen LogP contribution in [0.5, 0.6) is 5.75 Å². The minimum atomic E-state index is -0.808. The van der Waals surface area contributed by atoms with Crippen molar-refractivity contribution in [1.82, 2.24) is 10.7 Å². The molecule has 2 amide bonds. The molecular formula is C21H23N3O4. The van der Waals surface area contributed by atoms with Gasteiger partial charge >= 0.3 is 11.8 Å². The van der Waals surface area contributed by atoms with Crippen LogP contribution in [0.1, 0.15) is 24.0 Å². The molecule has 1 aliphatic rings. The van der Waals surface area contributed by atoms with Gasteiger partial charge in [-0.25, -0.2) is 5.43 Å². The van der Waals surface area contributed by atoms with E-state index >= 15 is 0 Å². The van der Waals surface area contributed by atoms with Gasteiger partial charge in [0, 0.05) is 13.2 Å². The lowest BCUT2D eigenvalue weighted by Crippen LogP contribution is -2.41. The Morgan fingerprint density at radius 2 is 1.89 bits per heavy atom. The highest BCUT2D eigenvalue weighted by atomic mass is 16.5. The molecule has 7 nitrogen and oxygen atoms in total. The van der Waals surface area contributed by atoms with Crippen LogP contribution in [0.25, 0.3) is 0 Å². The zero-order valence-corrected chi connectivity index (χ0v) is 15.5. The molecule has 0 bridgehead atoms. The van der Waals surface area contributed by atoms with E-state index in [0.717, 1.165) is 29.7 Å². The van der Waals surface area contributed by atoms with Crippen LogP contribution in [0.15, 0.2) is 59.7 Å². The van der Waals surface area contributed by atoms with Crippen molar-refractivity contribution in [1.29, 1.82) is 0 Å². The predicted octanol–water partition coefficient (Wildman–Crippen LogP) is 2.01. The molecule has 0 radical (unpaired) electrons. The van der Waals surface area contributed by atoms with Crippen LogP contribution in [0.4, 0.5) is 0 Å². The fraction of sp³-hybridized carbons (Fsp3) is 0.286. The molecular weight excluding hydrogens is 358 g/mol. The number of hydrogen-bond donors (Lipinski definition) is 2. The minimum Gasteiger partial charge on any atom is -0.489 e. The lowest BCUT2D eigenvalue weighted by molar-refractivity contribution is -0.139. The third kappa shape index (κ3) is 6.21. The molecule has 1 atom stereocenters. The maximum atomic E-state index is 11.7. The van der Waals surface area contributed by atoms with Crippen molar-refractivity contribution >= 4 is 18.0 Å². The van der Waals surface area contributed by atoms with E-state index in [4.69, 9.17) is 9.47 Å². The first-order valence-corrected chi connectivity index (χ1v) is 9.20. The normalized spacial score (nSPS) is 16.1. The van der Waals surface area contributed by atoms with Gasteiger partial charge in [0.25, 0.3) is 0 Å². The van der Waals surface area contributed by atoms with Gasteiger partial charge in [-0.1, -0.05) is 30.3 Å². The van der Waals surface area contributed by atoms with E-state index in [1.54, 1.807) is 0 Å². The van der Waals surface area contributed by atoms with Crippen LogP contribution >= 0.6 is 0 Å². The summed E-state index contributed by atoms with van der Waals surface area (Å²) in [7, 11) is 0. The Hall–Kier alpha value is -3.19. The lowest BCUT2D eigenvalue weighted by Gasteiger charge is -2.09. The van der Waals surface area contributed by atoms with Crippen molar-refractivity contribution in [3.8, 4) is 5.75 Å². The third-order valence-corrected chi connectivity index (χ3v) is 4.23. The van der Waals surface area contributed by atoms with Gasteiger partial charge in [-0.15, -0.1) is 0 Å². The van der Waals surface area contributed by atoms with E-state index in [2.05, 4.69) is 15.8 Å². The Bertz CT molecular complexity index is 800. The van der Waals surface area contributed by atoms with Crippen LogP contribution in [-0.2, 0) is 20.9 Å². The highest BCUT2D eigenvalue weighted by Crippen LogP contribution is 2.13. The van der Waals surface area contributed by atoms with Gasteiger partial charge in [0.05, 0.1) is 12.3 Å². The van der Waals surface area contributed by atoms with Gasteiger partial charge in [0.1, 0.15) is 12.4 Å². The number of carbonyl (C=O) groups excluding carboxylic acids is 2. The number of hydrogen-bond acceptors (Lipinski definition) is 5. The molecule has 0 saturated carbocycles. The molecule has 1 saturated heterocycles. The monoisotopic (exact) mass is 381 g/mol. The summed E-state index contributed by atoms with van der Waals surface area (Å²) in [5.74, 6) is -0.798. The van der Waals surface area contributed by atoms with Crippen molar-refractivity contribution in [2.45, 2.75) is 25.6 Å². The molecule has 0 spiro atoms. The second kappa shape index (κ2) is 10.2. The molecule has 7 heteroatoms. The van der Waals surface area contributed by atoms with E-state index in [1.807, 2.05) is 54.6 Å². The summed E-state index contributed by atoms with van der Waals surface area (Å²) >= 11 is 0. The summed E-state index contributed by atoms with van der Waals surface area (Å²) in [4.78, 5) is 23.4. The predicted molar refractivity (Wildman–Crippen MR) is 105 cm³/mol. The number of nitrogens with zero attached hydrogens (tertiary/aromatic N) is 1. The molecule has 0 aliphatic carbocycles. The summed E-state index contributed by atoms with van der Waals surface area (Å²) in [6.07, 6.45) is 3.33. The van der Waals surface area contributed by atoms with Gasteiger partial charge in [-0.05, 0) is 48.2 Å². The van der Waals surface area contributed by atoms with Crippen molar-refractivity contribution in [3.63, 3.8) is 0 Å². The molecule has 3 rings (SSSR count). The first-order valence-electron chi connectivity index (χ1n) is 9.20. The highest BCUT2D eigenvalue weighted by molar-refractivity contribution is 6.35. The Kier molecular flexibility index (Phi) is 7.14. The SMILES string of the molecule is O=C(NC[C@H]1CCCO1)C(=O)N/N=C\c1ccc(OCc2ccccc2)cc1. The second-order valence-electron chi connectivity index (χ2n) is 6.39. The molecule has 2 N–H and O–H groups in total. The van der Waals surface area contributed by atoms with E-state index in [0.29, 0.717) is 19.8 Å². The Morgan fingerprint density at radius 3 is 2.61 bits per heavy atom. The van der Waals surface area contributed by atoms with Crippen LogP contribution in [0.2, 0.25) is 0 Å². The van der Waals surface area contributed by atoms with Crippen LogP contribution in [0.3, 0.4) is 0 Å². The molecule has 1 heterocycles. The summed E-state index contributed by atoms with van der Waals surface area (Å²) in [6, 6.07) is 17.2. The van der Waals surface area contributed by atoms with Gasteiger partial charge in [0.15, 0.2) is 0 Å². The van der Waals surface area contributed by atoms with Crippen LogP contribution < -0.4 is 15.5 Å². The van der Waals surface area contributed by atoms with Crippen molar-refractivity contribution in [2.75, 3.05) is 13.2 Å². The standard InChI is InChI=1S/C21H23N3O4/c25-20(22-14-19-7-4-12-27-19)21(26)24-23-13-16-8-10-18(11-9-16)28-15-17-5-2-1-3-6-17/h1-3,5-6,8-11,13,19H,4,7,12,14-15H2,(H,22,25)(H,24,26)/b23-13-/t19-/m1/s1. The van der Waals surface area contributed by atoms with Crippen LogP contribution in [-0.4, -0.2) is 37.3 Å². The number of nitrogens with one attached hydrogen (secondary N) is 2. The number of amides is 2. The van der Waals surface area contributed by atoms with Crippen molar-refractivity contribution < 1.29 is 19.1 Å². The Labute approximate surface area is 163 Å². The fourth-order valence-corrected chi connectivity index (χ4v) is 2.70. The maximum absolute atomic E-state index is 11.7. The first kappa shape index (κ1) is 19.6. The summed E-state index contributed by atoms with van der Waals surface area (Å²) in [5.41, 5.74) is 4.08. The number of hydrazone groups is 1. The Balaban J connectivity index is 1.39. The number of ether oxygens (including phenoxy) is 2. The van der Waals surface area contributed by atoms with Gasteiger partial charge in [0.2, 0.25) is 0 Å². The van der Waals surface area contributed by atoms with E-state index < -0.39 is 11.8 Å². The molecule has 2 aromatic carbocycles. The zero-order chi connectivity index (χ0) is 19.6. The maximum Gasteiger partial charge on any atom is 0.329 e. The lowest BCUT2D eigenvalue weighted by atomic mass is 10.2. The minimum absolute atomic E-state index is 0.0112. The smallest absolute Gasteiger partial charge is 0.329 e. The fourth-order valence-electron chi connectivity index (χ4n) is 2.70. The van der Waals surface area contributed by atoms with Gasteiger partial charge < -0.3 is 14.8 Å².